The third kappa shape index (κ3) is 3.93. The highest BCUT2D eigenvalue weighted by Crippen LogP contribution is 2.22. The Balaban J connectivity index is 1.73. The number of rotatable bonds is 6. The number of carbonyl (C=O) groups is 1. The van der Waals surface area contributed by atoms with E-state index in [1.807, 2.05) is 0 Å². The summed E-state index contributed by atoms with van der Waals surface area (Å²) in [6, 6.07) is 0.642. The summed E-state index contributed by atoms with van der Waals surface area (Å²) in [5.41, 5.74) is 5.61. The third-order valence-corrected chi connectivity index (χ3v) is 4.86. The molecule has 2 fully saturated rings. The second-order valence-corrected chi connectivity index (χ2v) is 6.06. The molecule has 2 unspecified atom stereocenters. The molecule has 2 saturated heterocycles. The molecule has 4 heteroatoms. The summed E-state index contributed by atoms with van der Waals surface area (Å²) >= 11 is 0. The van der Waals surface area contributed by atoms with Crippen molar-refractivity contribution in [2.24, 2.45) is 11.7 Å². The predicted molar refractivity (Wildman–Crippen MR) is 77.9 cm³/mol. The van der Waals surface area contributed by atoms with Crippen LogP contribution in [0.15, 0.2) is 0 Å². The van der Waals surface area contributed by atoms with Gasteiger partial charge in [0, 0.05) is 32.1 Å². The Labute approximate surface area is 117 Å². The zero-order chi connectivity index (χ0) is 13.7. The molecule has 4 nitrogen and oxygen atoms in total. The molecule has 0 aromatic rings. The average Bonchev–Trinajstić information content (AvgIpc) is 2.90. The van der Waals surface area contributed by atoms with Gasteiger partial charge in [0.25, 0.3) is 0 Å². The van der Waals surface area contributed by atoms with Crippen molar-refractivity contribution in [1.29, 1.82) is 0 Å². The van der Waals surface area contributed by atoms with Crippen molar-refractivity contribution in [3.05, 3.63) is 0 Å². The van der Waals surface area contributed by atoms with Crippen LogP contribution in [0.2, 0.25) is 0 Å². The van der Waals surface area contributed by atoms with Crippen LogP contribution in [0, 0.1) is 5.92 Å². The summed E-state index contributed by atoms with van der Waals surface area (Å²) < 4.78 is 0. The van der Waals surface area contributed by atoms with Gasteiger partial charge < -0.3 is 10.6 Å². The number of nitrogens with two attached hydrogens (primary N) is 1. The Morgan fingerprint density at radius 1 is 1.32 bits per heavy atom. The minimum Gasteiger partial charge on any atom is -0.340 e. The molecule has 2 aliphatic rings. The fourth-order valence-corrected chi connectivity index (χ4v) is 3.49. The number of fused-ring (bicyclic) bond motifs is 1. The first-order valence-corrected chi connectivity index (χ1v) is 7.96. The number of nitrogens with zero attached hydrogens (tertiary/aromatic N) is 2. The van der Waals surface area contributed by atoms with Crippen molar-refractivity contribution < 1.29 is 4.79 Å². The van der Waals surface area contributed by atoms with E-state index in [0.29, 0.717) is 24.3 Å². The quantitative estimate of drug-likeness (QED) is 0.792. The molecule has 1 amide bonds. The van der Waals surface area contributed by atoms with Crippen LogP contribution in [0.3, 0.4) is 0 Å². The molecule has 2 aliphatic heterocycles. The van der Waals surface area contributed by atoms with Gasteiger partial charge in [0.05, 0.1) is 0 Å². The van der Waals surface area contributed by atoms with Crippen molar-refractivity contribution in [3.8, 4) is 0 Å². The van der Waals surface area contributed by atoms with Gasteiger partial charge >= 0.3 is 0 Å². The van der Waals surface area contributed by atoms with Crippen LogP contribution in [-0.2, 0) is 4.79 Å². The predicted octanol–water partition coefficient (Wildman–Crippen LogP) is 1.45. The summed E-state index contributed by atoms with van der Waals surface area (Å²) in [5, 5.41) is 0. The largest absolute Gasteiger partial charge is 0.340 e. The summed E-state index contributed by atoms with van der Waals surface area (Å²) in [6.45, 7) is 7.16. The van der Waals surface area contributed by atoms with Gasteiger partial charge in [-0.05, 0) is 44.7 Å². The van der Waals surface area contributed by atoms with Gasteiger partial charge in [-0.25, -0.2) is 0 Å². The van der Waals surface area contributed by atoms with Gasteiger partial charge in [-0.1, -0.05) is 13.3 Å². The van der Waals surface area contributed by atoms with E-state index in [1.165, 1.54) is 19.4 Å². The lowest BCUT2D eigenvalue weighted by Crippen LogP contribution is -2.52. The SMILES string of the molecule is CCC(CCN)CCC(=O)N1CCN2CCCC2C1. The van der Waals surface area contributed by atoms with E-state index < -0.39 is 0 Å². The summed E-state index contributed by atoms with van der Waals surface area (Å²) in [4.78, 5) is 16.9. The highest BCUT2D eigenvalue weighted by atomic mass is 16.2. The molecule has 2 rings (SSSR count). The fraction of sp³-hybridized carbons (Fsp3) is 0.933. The molecule has 0 aromatic carbocycles. The van der Waals surface area contributed by atoms with E-state index in [0.717, 1.165) is 45.4 Å². The van der Waals surface area contributed by atoms with Crippen molar-refractivity contribution in [2.45, 2.75) is 51.5 Å². The molecule has 0 saturated carbocycles. The van der Waals surface area contributed by atoms with E-state index in [-0.39, 0.29) is 0 Å². The van der Waals surface area contributed by atoms with Crippen LogP contribution in [-0.4, -0.2) is 54.5 Å². The van der Waals surface area contributed by atoms with Crippen LogP contribution < -0.4 is 5.73 Å². The van der Waals surface area contributed by atoms with Crippen molar-refractivity contribution in [1.82, 2.24) is 9.80 Å². The van der Waals surface area contributed by atoms with Crippen molar-refractivity contribution >= 4 is 5.91 Å². The van der Waals surface area contributed by atoms with Crippen LogP contribution in [0.1, 0.15) is 45.4 Å². The van der Waals surface area contributed by atoms with Crippen molar-refractivity contribution in [3.63, 3.8) is 0 Å². The van der Waals surface area contributed by atoms with Gasteiger partial charge in [0.2, 0.25) is 5.91 Å². The number of hydrogen-bond acceptors (Lipinski definition) is 3. The molecular formula is C15H29N3O. The first-order valence-electron chi connectivity index (χ1n) is 7.96. The highest BCUT2D eigenvalue weighted by Gasteiger charge is 2.32. The van der Waals surface area contributed by atoms with Gasteiger partial charge in [0.15, 0.2) is 0 Å². The zero-order valence-corrected chi connectivity index (χ0v) is 12.3. The first-order chi connectivity index (χ1) is 9.24. The smallest absolute Gasteiger partial charge is 0.222 e. The normalized spacial score (nSPS) is 25.4. The van der Waals surface area contributed by atoms with E-state index in [2.05, 4.69) is 16.7 Å². The molecule has 0 aliphatic carbocycles. The van der Waals surface area contributed by atoms with E-state index in [9.17, 15) is 4.79 Å². The Hall–Kier alpha value is -0.610. The molecular weight excluding hydrogens is 238 g/mol. The molecule has 2 heterocycles. The van der Waals surface area contributed by atoms with Crippen LogP contribution in [0.5, 0.6) is 0 Å². The number of amides is 1. The fourth-order valence-electron chi connectivity index (χ4n) is 3.49. The van der Waals surface area contributed by atoms with E-state index >= 15 is 0 Å². The second kappa shape index (κ2) is 7.25. The zero-order valence-electron chi connectivity index (χ0n) is 12.3. The second-order valence-electron chi connectivity index (χ2n) is 6.06. The lowest BCUT2D eigenvalue weighted by molar-refractivity contribution is -0.134. The molecule has 2 atom stereocenters. The van der Waals surface area contributed by atoms with Crippen LogP contribution in [0.25, 0.3) is 0 Å². The standard InChI is InChI=1S/C15H29N3O/c1-2-13(7-8-16)5-6-15(19)18-11-10-17-9-3-4-14(17)12-18/h13-14H,2-12,16H2,1H3. The maximum Gasteiger partial charge on any atom is 0.222 e. The third-order valence-electron chi connectivity index (χ3n) is 4.86. The van der Waals surface area contributed by atoms with Gasteiger partial charge in [0.1, 0.15) is 0 Å². The maximum atomic E-state index is 12.3. The van der Waals surface area contributed by atoms with Gasteiger partial charge in [-0.2, -0.15) is 0 Å². The average molecular weight is 267 g/mol. The van der Waals surface area contributed by atoms with Crippen LogP contribution >= 0.6 is 0 Å². The highest BCUT2D eigenvalue weighted by molar-refractivity contribution is 5.76. The molecule has 0 radical (unpaired) electrons. The first kappa shape index (κ1) is 14.8. The Kier molecular flexibility index (Phi) is 5.64. The van der Waals surface area contributed by atoms with E-state index in [1.54, 1.807) is 0 Å². The number of piperazine rings is 1. The molecule has 2 N–H and O–H groups in total. The summed E-state index contributed by atoms with van der Waals surface area (Å²) in [6.07, 6.45) is 6.50. The lowest BCUT2D eigenvalue weighted by atomic mass is 9.96. The van der Waals surface area contributed by atoms with Gasteiger partial charge in [-0.15, -0.1) is 0 Å². The minimum absolute atomic E-state index is 0.363. The van der Waals surface area contributed by atoms with E-state index in [4.69, 9.17) is 5.73 Å². The van der Waals surface area contributed by atoms with Crippen LogP contribution in [0.4, 0.5) is 0 Å². The monoisotopic (exact) mass is 267 g/mol. The molecule has 19 heavy (non-hydrogen) atoms. The Morgan fingerprint density at radius 2 is 2.16 bits per heavy atom. The lowest BCUT2D eigenvalue weighted by Gasteiger charge is -2.37. The molecule has 0 aromatic heterocycles. The molecule has 0 bridgehead atoms. The summed E-state index contributed by atoms with van der Waals surface area (Å²) in [5.74, 6) is 0.990. The number of hydrogen-bond donors (Lipinski definition) is 1. The molecule has 0 spiro atoms. The maximum absolute atomic E-state index is 12.3. The van der Waals surface area contributed by atoms with Crippen molar-refractivity contribution in [2.75, 3.05) is 32.7 Å². The summed E-state index contributed by atoms with van der Waals surface area (Å²) in [7, 11) is 0. The minimum atomic E-state index is 0.363. The van der Waals surface area contributed by atoms with Gasteiger partial charge in [-0.3, -0.25) is 9.69 Å². The topological polar surface area (TPSA) is 49.6 Å². The number of carbonyl (C=O) groups excluding carboxylic acids is 1. The molecule has 110 valence electrons. The Morgan fingerprint density at radius 3 is 2.89 bits per heavy atom. The Bertz CT molecular complexity index is 295.